The molecular formula is C19H19ClN2O2. The topological polar surface area (TPSA) is 58.2 Å². The lowest BCUT2D eigenvalue weighted by molar-refractivity contribution is 0.0915. The molecule has 1 aliphatic rings. The molecule has 0 spiro atoms. The number of benzene rings is 2. The van der Waals surface area contributed by atoms with Crippen LogP contribution in [0.2, 0.25) is 5.02 Å². The summed E-state index contributed by atoms with van der Waals surface area (Å²) in [6, 6.07) is 13.0. The van der Waals surface area contributed by atoms with Gasteiger partial charge in [0, 0.05) is 18.7 Å². The van der Waals surface area contributed by atoms with E-state index in [2.05, 4.69) is 10.6 Å². The van der Waals surface area contributed by atoms with E-state index in [1.165, 1.54) is 6.42 Å². The van der Waals surface area contributed by atoms with Crippen molar-refractivity contribution in [2.45, 2.75) is 25.3 Å². The first-order valence-electron chi connectivity index (χ1n) is 8.01. The third-order valence-corrected chi connectivity index (χ3v) is 4.69. The zero-order valence-electron chi connectivity index (χ0n) is 13.4. The van der Waals surface area contributed by atoms with E-state index in [-0.39, 0.29) is 11.8 Å². The number of carbonyl (C=O) groups excluding carboxylic acids is 2. The van der Waals surface area contributed by atoms with Crippen molar-refractivity contribution in [2.75, 3.05) is 7.05 Å². The summed E-state index contributed by atoms with van der Waals surface area (Å²) < 4.78 is 0. The lowest BCUT2D eigenvalue weighted by Gasteiger charge is -2.26. The number of nitrogens with one attached hydrogen (secondary N) is 2. The molecule has 4 nitrogen and oxygen atoms in total. The Labute approximate surface area is 146 Å². The van der Waals surface area contributed by atoms with E-state index in [1.807, 2.05) is 18.2 Å². The van der Waals surface area contributed by atoms with E-state index in [9.17, 15) is 9.59 Å². The van der Waals surface area contributed by atoms with Crippen LogP contribution in [0.5, 0.6) is 0 Å². The molecule has 5 heteroatoms. The zero-order valence-corrected chi connectivity index (χ0v) is 14.2. The van der Waals surface area contributed by atoms with Crippen LogP contribution in [0.1, 0.15) is 40.0 Å². The largest absolute Gasteiger partial charge is 0.355 e. The maximum Gasteiger partial charge on any atom is 0.252 e. The van der Waals surface area contributed by atoms with Gasteiger partial charge in [-0.3, -0.25) is 9.59 Å². The van der Waals surface area contributed by atoms with Crippen molar-refractivity contribution in [3.05, 3.63) is 58.6 Å². The Morgan fingerprint density at radius 1 is 1.00 bits per heavy atom. The van der Waals surface area contributed by atoms with Crippen molar-refractivity contribution < 1.29 is 9.59 Å². The molecule has 0 heterocycles. The fourth-order valence-corrected chi connectivity index (χ4v) is 2.85. The zero-order chi connectivity index (χ0) is 17.1. The Balaban J connectivity index is 1.80. The SMILES string of the molecule is CNC(=O)c1cc(-c2ccc(C(=O)NC3CCC3)cc2)ccc1Cl. The Morgan fingerprint density at radius 3 is 2.25 bits per heavy atom. The molecule has 1 fully saturated rings. The fraction of sp³-hybridized carbons (Fsp3) is 0.263. The lowest BCUT2D eigenvalue weighted by Crippen LogP contribution is -2.39. The molecule has 24 heavy (non-hydrogen) atoms. The molecule has 0 aliphatic heterocycles. The van der Waals surface area contributed by atoms with Crippen LogP contribution in [0.4, 0.5) is 0 Å². The van der Waals surface area contributed by atoms with Gasteiger partial charge in [0.25, 0.3) is 11.8 Å². The first kappa shape index (κ1) is 16.5. The van der Waals surface area contributed by atoms with Crippen molar-refractivity contribution in [1.29, 1.82) is 0 Å². The van der Waals surface area contributed by atoms with Crippen LogP contribution < -0.4 is 10.6 Å². The third kappa shape index (κ3) is 3.44. The van der Waals surface area contributed by atoms with Gasteiger partial charge in [-0.1, -0.05) is 29.8 Å². The van der Waals surface area contributed by atoms with Crippen molar-refractivity contribution in [1.82, 2.24) is 10.6 Å². The van der Waals surface area contributed by atoms with Crippen molar-refractivity contribution in [3.8, 4) is 11.1 Å². The molecule has 0 unspecified atom stereocenters. The van der Waals surface area contributed by atoms with E-state index in [4.69, 9.17) is 11.6 Å². The van der Waals surface area contributed by atoms with Gasteiger partial charge in [-0.15, -0.1) is 0 Å². The van der Waals surface area contributed by atoms with Gasteiger partial charge in [0.1, 0.15) is 0 Å². The van der Waals surface area contributed by atoms with Crippen LogP contribution in [0.3, 0.4) is 0 Å². The number of amides is 2. The number of hydrogen-bond acceptors (Lipinski definition) is 2. The molecular weight excluding hydrogens is 324 g/mol. The average molecular weight is 343 g/mol. The highest BCUT2D eigenvalue weighted by atomic mass is 35.5. The lowest BCUT2D eigenvalue weighted by atomic mass is 9.93. The molecule has 0 radical (unpaired) electrons. The van der Waals surface area contributed by atoms with Gasteiger partial charge >= 0.3 is 0 Å². The van der Waals surface area contributed by atoms with E-state index in [0.717, 1.165) is 24.0 Å². The number of hydrogen-bond donors (Lipinski definition) is 2. The summed E-state index contributed by atoms with van der Waals surface area (Å²) in [7, 11) is 1.57. The summed E-state index contributed by atoms with van der Waals surface area (Å²) in [5, 5.41) is 6.01. The molecule has 1 aliphatic carbocycles. The second-order valence-electron chi connectivity index (χ2n) is 5.95. The maximum absolute atomic E-state index is 12.1. The minimum atomic E-state index is -0.224. The van der Waals surface area contributed by atoms with E-state index in [1.54, 1.807) is 31.3 Å². The van der Waals surface area contributed by atoms with Gasteiger partial charge in [0.05, 0.1) is 10.6 Å². The summed E-state index contributed by atoms with van der Waals surface area (Å²) in [4.78, 5) is 24.0. The highest BCUT2D eigenvalue weighted by Gasteiger charge is 2.20. The molecule has 3 rings (SSSR count). The second-order valence-corrected chi connectivity index (χ2v) is 6.36. The molecule has 0 aromatic heterocycles. The Kier molecular flexibility index (Phi) is 4.86. The summed E-state index contributed by atoms with van der Waals surface area (Å²) in [5.41, 5.74) is 2.88. The monoisotopic (exact) mass is 342 g/mol. The Hall–Kier alpha value is -2.33. The molecule has 0 atom stereocenters. The van der Waals surface area contributed by atoms with Gasteiger partial charge in [0.15, 0.2) is 0 Å². The number of carbonyl (C=O) groups is 2. The molecule has 1 saturated carbocycles. The van der Waals surface area contributed by atoms with Crippen LogP contribution in [-0.2, 0) is 0 Å². The van der Waals surface area contributed by atoms with Gasteiger partial charge < -0.3 is 10.6 Å². The fourth-order valence-electron chi connectivity index (χ4n) is 2.65. The quantitative estimate of drug-likeness (QED) is 0.891. The smallest absolute Gasteiger partial charge is 0.252 e. The van der Waals surface area contributed by atoms with Gasteiger partial charge in [-0.05, 0) is 54.7 Å². The minimum absolute atomic E-state index is 0.0339. The summed E-state index contributed by atoms with van der Waals surface area (Å²) in [6.07, 6.45) is 3.32. The van der Waals surface area contributed by atoms with Gasteiger partial charge in [0.2, 0.25) is 0 Å². The Bertz CT molecular complexity index is 767. The number of halogens is 1. The van der Waals surface area contributed by atoms with Crippen LogP contribution in [-0.4, -0.2) is 24.9 Å². The third-order valence-electron chi connectivity index (χ3n) is 4.36. The first-order chi connectivity index (χ1) is 11.6. The van der Waals surface area contributed by atoms with Gasteiger partial charge in [-0.2, -0.15) is 0 Å². The first-order valence-corrected chi connectivity index (χ1v) is 8.39. The van der Waals surface area contributed by atoms with Crippen molar-refractivity contribution in [2.24, 2.45) is 0 Å². The highest BCUT2D eigenvalue weighted by molar-refractivity contribution is 6.34. The summed E-state index contributed by atoms with van der Waals surface area (Å²) in [5.74, 6) is -0.258. The Morgan fingerprint density at radius 2 is 1.67 bits per heavy atom. The van der Waals surface area contributed by atoms with E-state index < -0.39 is 0 Å². The molecule has 124 valence electrons. The minimum Gasteiger partial charge on any atom is -0.355 e. The maximum atomic E-state index is 12.1. The van der Waals surface area contributed by atoms with E-state index >= 15 is 0 Å². The standard InChI is InChI=1S/C19H19ClN2O2/c1-21-19(24)16-11-14(9-10-17(16)20)12-5-7-13(8-6-12)18(23)22-15-3-2-4-15/h5-11,15H,2-4H2,1H3,(H,21,24)(H,22,23). The molecule has 0 bridgehead atoms. The number of rotatable bonds is 4. The van der Waals surface area contributed by atoms with Crippen LogP contribution >= 0.6 is 11.6 Å². The highest BCUT2D eigenvalue weighted by Crippen LogP contribution is 2.26. The predicted octanol–water partition coefficient (Wildman–Crippen LogP) is 3.65. The van der Waals surface area contributed by atoms with Crippen molar-refractivity contribution in [3.63, 3.8) is 0 Å². The molecule has 0 saturated heterocycles. The molecule has 2 N–H and O–H groups in total. The van der Waals surface area contributed by atoms with Crippen LogP contribution in [0.15, 0.2) is 42.5 Å². The summed E-state index contributed by atoms with van der Waals surface area (Å²) >= 11 is 6.08. The van der Waals surface area contributed by atoms with Crippen LogP contribution in [0, 0.1) is 0 Å². The second kappa shape index (κ2) is 7.05. The normalized spacial score (nSPS) is 13.9. The molecule has 2 aromatic rings. The van der Waals surface area contributed by atoms with Crippen molar-refractivity contribution >= 4 is 23.4 Å². The van der Waals surface area contributed by atoms with Crippen LogP contribution in [0.25, 0.3) is 11.1 Å². The predicted molar refractivity (Wildman–Crippen MR) is 95.4 cm³/mol. The van der Waals surface area contributed by atoms with E-state index in [0.29, 0.717) is 22.2 Å². The molecule has 2 amide bonds. The van der Waals surface area contributed by atoms with Gasteiger partial charge in [-0.25, -0.2) is 0 Å². The molecule has 2 aromatic carbocycles. The summed E-state index contributed by atoms with van der Waals surface area (Å²) in [6.45, 7) is 0. The average Bonchev–Trinajstić information content (AvgIpc) is 2.58.